The molecule has 1 nitrogen and oxygen atoms in total. The van der Waals surface area contributed by atoms with Crippen molar-refractivity contribution >= 4 is 49.9 Å². The molecule has 0 aliphatic carbocycles. The molecule has 0 heterocycles. The zero-order chi connectivity index (χ0) is 10.8. The van der Waals surface area contributed by atoms with E-state index >= 15 is 0 Å². The van der Waals surface area contributed by atoms with E-state index in [4.69, 9.17) is 0 Å². The van der Waals surface area contributed by atoms with Gasteiger partial charge >= 0.3 is 0 Å². The monoisotopic (exact) mass is 337 g/mol. The highest BCUT2D eigenvalue weighted by Gasteiger charge is 2.05. The van der Waals surface area contributed by atoms with Gasteiger partial charge in [0.25, 0.3) is 0 Å². The molecule has 0 aliphatic heterocycles. The van der Waals surface area contributed by atoms with Crippen LogP contribution in [0.25, 0.3) is 0 Å². The fourth-order valence-corrected chi connectivity index (χ4v) is 2.52. The first-order chi connectivity index (χ1) is 6.38. The lowest BCUT2D eigenvalue weighted by Crippen LogP contribution is -2.01. The molecule has 0 saturated heterocycles. The Morgan fingerprint density at radius 2 is 2.07 bits per heavy atom. The number of rotatable bonds is 2. The first-order valence-electron chi connectivity index (χ1n) is 3.96. The Balaban J connectivity index is 3.03. The number of hydrogen-bond acceptors (Lipinski definition) is 1. The van der Waals surface area contributed by atoms with Gasteiger partial charge in [-0.1, -0.05) is 28.1 Å². The number of carbonyl (C=O) groups is 1. The van der Waals surface area contributed by atoms with Gasteiger partial charge in [0.05, 0.1) is 0 Å². The molecule has 0 bridgehead atoms. The summed E-state index contributed by atoms with van der Waals surface area (Å²) >= 11 is 6.83. The molecule has 14 heavy (non-hydrogen) atoms. The average Bonchev–Trinajstić information content (AvgIpc) is 2.01. The molecule has 1 aromatic carbocycles. The van der Waals surface area contributed by atoms with Crippen LogP contribution in [0.15, 0.2) is 28.7 Å². The molecule has 0 atom stereocenters. The van der Waals surface area contributed by atoms with E-state index in [1.807, 2.05) is 36.8 Å². The number of halogens is 2. The summed E-state index contributed by atoms with van der Waals surface area (Å²) in [5.74, 6) is 0.0724. The van der Waals surface area contributed by atoms with Crippen molar-refractivity contribution in [1.82, 2.24) is 0 Å². The fourth-order valence-electron chi connectivity index (χ4n) is 0.964. The third-order valence-electron chi connectivity index (χ3n) is 1.50. The van der Waals surface area contributed by atoms with Crippen molar-refractivity contribution in [2.24, 2.45) is 0 Å². The summed E-state index contributed by atoms with van der Waals surface area (Å²) in [5, 5.41) is 1.74. The normalized spacial score (nSPS) is 11.1. The maximum absolute atomic E-state index is 11.7. The molecule has 1 aromatic rings. The summed E-state index contributed by atoms with van der Waals surface area (Å²) in [7, 11) is -1.06. The van der Waals surface area contributed by atoms with Crippen LogP contribution >= 0.6 is 38.8 Å². The van der Waals surface area contributed by atoms with Crippen molar-refractivity contribution in [2.45, 2.75) is 0 Å². The standard InChI is InChI=1S/C10H11Br2OS/c1-14(2,12)7-10(13)8-4-3-5-9(11)6-8/h3-7H,1-2H3. The lowest BCUT2D eigenvalue weighted by molar-refractivity contribution is 0.107. The van der Waals surface area contributed by atoms with Gasteiger partial charge in [0.1, 0.15) is 0 Å². The highest BCUT2D eigenvalue weighted by molar-refractivity contribution is 9.57. The van der Waals surface area contributed by atoms with E-state index < -0.39 is 8.05 Å². The van der Waals surface area contributed by atoms with E-state index in [-0.39, 0.29) is 5.78 Å². The van der Waals surface area contributed by atoms with Crippen LogP contribution < -0.4 is 0 Å². The van der Waals surface area contributed by atoms with E-state index in [1.165, 1.54) is 0 Å². The predicted molar refractivity (Wildman–Crippen MR) is 72.9 cm³/mol. The zero-order valence-electron chi connectivity index (χ0n) is 7.96. The quantitative estimate of drug-likeness (QED) is 0.592. The van der Waals surface area contributed by atoms with Crippen molar-refractivity contribution in [1.29, 1.82) is 0 Å². The van der Waals surface area contributed by atoms with Gasteiger partial charge in [-0.2, -0.15) is 8.05 Å². The van der Waals surface area contributed by atoms with Crippen molar-refractivity contribution in [3.63, 3.8) is 0 Å². The summed E-state index contributed by atoms with van der Waals surface area (Å²) in [6.45, 7) is 0. The Kier molecular flexibility index (Phi) is 4.10. The zero-order valence-corrected chi connectivity index (χ0v) is 11.9. The average molecular weight is 339 g/mol. The third kappa shape index (κ3) is 4.07. The minimum atomic E-state index is -1.06. The molecule has 77 valence electrons. The molecule has 0 saturated carbocycles. The Morgan fingerprint density at radius 3 is 2.57 bits per heavy atom. The van der Waals surface area contributed by atoms with Crippen LogP contribution in [0.5, 0.6) is 0 Å². The molecular formula is C10H11Br2OS. The van der Waals surface area contributed by atoms with Gasteiger partial charge in [-0.25, -0.2) is 0 Å². The summed E-state index contributed by atoms with van der Waals surface area (Å²) < 4.78 is 0.930. The molecular weight excluding hydrogens is 328 g/mol. The Bertz CT molecular complexity index is 398. The van der Waals surface area contributed by atoms with Crippen LogP contribution in [0.4, 0.5) is 0 Å². The fraction of sp³-hybridized carbons (Fsp3) is 0.200. The summed E-state index contributed by atoms with van der Waals surface area (Å²) in [6.07, 6.45) is 4.03. The van der Waals surface area contributed by atoms with E-state index in [2.05, 4.69) is 30.7 Å². The Morgan fingerprint density at radius 1 is 1.43 bits per heavy atom. The van der Waals surface area contributed by atoms with Crippen molar-refractivity contribution in [2.75, 3.05) is 12.5 Å². The second-order valence-corrected chi connectivity index (χ2v) is 12.0. The van der Waals surface area contributed by atoms with Gasteiger partial charge in [0, 0.05) is 15.4 Å². The van der Waals surface area contributed by atoms with Crippen LogP contribution in [0, 0.1) is 0 Å². The van der Waals surface area contributed by atoms with Crippen LogP contribution in [0.2, 0.25) is 0 Å². The lowest BCUT2D eigenvalue weighted by Gasteiger charge is -2.06. The Labute approximate surface area is 101 Å². The molecule has 0 aliphatic rings. The number of hydrogen-bond donors (Lipinski definition) is 0. The Hall–Kier alpha value is 0.0700. The van der Waals surface area contributed by atoms with Crippen LogP contribution in [-0.2, 0) is 0 Å². The molecule has 0 fully saturated rings. The molecule has 0 aromatic heterocycles. The number of benzene rings is 1. The SMILES string of the molecule is C[S](C)(Br)=CC(=O)c1cccc(Br)c1. The smallest absolute Gasteiger partial charge is 0.191 e. The molecule has 1 rings (SSSR count). The molecule has 0 amide bonds. The van der Waals surface area contributed by atoms with Crippen molar-refractivity contribution in [3.8, 4) is 0 Å². The predicted octanol–water partition coefficient (Wildman–Crippen LogP) is 3.81. The summed E-state index contributed by atoms with van der Waals surface area (Å²) in [4.78, 5) is 11.7. The van der Waals surface area contributed by atoms with Crippen molar-refractivity contribution < 1.29 is 4.79 Å². The summed E-state index contributed by atoms with van der Waals surface area (Å²) in [6, 6.07) is 7.42. The highest BCUT2D eigenvalue weighted by Crippen LogP contribution is 2.35. The molecule has 0 spiro atoms. The maximum Gasteiger partial charge on any atom is 0.191 e. The summed E-state index contributed by atoms with van der Waals surface area (Å²) in [5.41, 5.74) is 0.722. The van der Waals surface area contributed by atoms with E-state index in [9.17, 15) is 4.79 Å². The van der Waals surface area contributed by atoms with Crippen molar-refractivity contribution in [3.05, 3.63) is 34.3 Å². The van der Waals surface area contributed by atoms with Crippen LogP contribution in [0.1, 0.15) is 10.4 Å². The lowest BCUT2D eigenvalue weighted by atomic mass is 10.2. The number of carbonyl (C=O) groups excluding carboxylic acids is 1. The van der Waals surface area contributed by atoms with Gasteiger partial charge in [-0.3, -0.25) is 4.79 Å². The van der Waals surface area contributed by atoms with Gasteiger partial charge in [-0.15, -0.1) is 0 Å². The highest BCUT2D eigenvalue weighted by atomic mass is 79.9. The van der Waals surface area contributed by atoms with Gasteiger partial charge in [0.2, 0.25) is 0 Å². The van der Waals surface area contributed by atoms with Crippen LogP contribution in [0.3, 0.4) is 0 Å². The molecule has 4 heteroatoms. The van der Waals surface area contributed by atoms with Gasteiger partial charge in [0.15, 0.2) is 5.78 Å². The van der Waals surface area contributed by atoms with E-state index in [0.29, 0.717) is 0 Å². The minimum absolute atomic E-state index is 0.0724. The number of Topliss-reactive ketones (excluding diaryl/α,β-unsaturated/α-hetero) is 1. The minimum Gasteiger partial charge on any atom is -0.289 e. The van der Waals surface area contributed by atoms with Crippen LogP contribution in [-0.4, -0.2) is 23.7 Å². The van der Waals surface area contributed by atoms with Gasteiger partial charge < -0.3 is 0 Å². The third-order valence-corrected chi connectivity index (χ3v) is 3.32. The first kappa shape index (κ1) is 12.1. The number of ketones is 1. The molecule has 1 radical (unpaired) electrons. The second-order valence-electron chi connectivity index (χ2n) is 3.27. The molecule has 0 unspecified atom stereocenters. The van der Waals surface area contributed by atoms with E-state index in [0.717, 1.165) is 10.0 Å². The van der Waals surface area contributed by atoms with Gasteiger partial charge in [-0.05, 0) is 39.5 Å². The van der Waals surface area contributed by atoms with E-state index in [1.54, 1.807) is 5.37 Å². The topological polar surface area (TPSA) is 17.1 Å². The largest absolute Gasteiger partial charge is 0.289 e. The first-order valence-corrected chi connectivity index (χ1v) is 9.11. The second kappa shape index (κ2) is 4.73. The molecule has 0 N–H and O–H groups in total. The maximum atomic E-state index is 11.7.